The van der Waals surface area contributed by atoms with E-state index in [-0.39, 0.29) is 11.5 Å². The molecule has 0 aromatic heterocycles. The summed E-state index contributed by atoms with van der Waals surface area (Å²) >= 11 is 0. The lowest BCUT2D eigenvalue weighted by atomic mass is 10.2. The molecule has 0 bridgehead atoms. The van der Waals surface area contributed by atoms with E-state index in [1.807, 2.05) is 31.2 Å². The number of carbonyl (C=O) groups is 1. The number of hydrogen-bond donors (Lipinski definition) is 1. The highest BCUT2D eigenvalue weighted by Gasteiger charge is 2.10. The predicted octanol–water partition coefficient (Wildman–Crippen LogP) is 6.24. The van der Waals surface area contributed by atoms with Gasteiger partial charge >= 0.3 is 5.97 Å². The number of benzene rings is 3. The number of ether oxygens (including phenoxy) is 2. The number of nitrogens with zero attached hydrogens (tertiary/aromatic N) is 1. The molecular formula is C26H27NO4. The lowest BCUT2D eigenvalue weighted by molar-refractivity contribution is 0.0734. The maximum absolute atomic E-state index is 12.4. The molecule has 5 nitrogen and oxygen atoms in total. The molecule has 3 rings (SSSR count). The molecular weight excluding hydrogens is 390 g/mol. The molecule has 0 radical (unpaired) electrons. The molecule has 0 saturated heterocycles. The molecule has 0 aliphatic heterocycles. The number of aromatic hydroxyl groups is 1. The van der Waals surface area contributed by atoms with Gasteiger partial charge in [0.25, 0.3) is 0 Å². The number of rotatable bonds is 9. The van der Waals surface area contributed by atoms with Gasteiger partial charge in [-0.05, 0) is 67.4 Å². The average Bonchev–Trinajstić information content (AvgIpc) is 2.77. The Morgan fingerprint density at radius 1 is 1.00 bits per heavy atom. The Labute approximate surface area is 183 Å². The topological polar surface area (TPSA) is 68.1 Å². The molecule has 0 aliphatic carbocycles. The number of unbranched alkanes of at least 4 members (excludes halogenated alkanes) is 2. The highest BCUT2D eigenvalue weighted by molar-refractivity contribution is 5.91. The largest absolute Gasteiger partial charge is 0.507 e. The summed E-state index contributed by atoms with van der Waals surface area (Å²) in [6.07, 6.45) is 4.86. The zero-order chi connectivity index (χ0) is 22.1. The zero-order valence-corrected chi connectivity index (χ0v) is 17.9. The van der Waals surface area contributed by atoms with Gasteiger partial charge in [0, 0.05) is 17.8 Å². The number of phenols is 1. The van der Waals surface area contributed by atoms with Crippen LogP contribution >= 0.6 is 0 Å². The van der Waals surface area contributed by atoms with Crippen molar-refractivity contribution < 1.29 is 19.4 Å². The Morgan fingerprint density at radius 2 is 1.77 bits per heavy atom. The second-order valence-electron chi connectivity index (χ2n) is 7.29. The molecule has 5 heteroatoms. The van der Waals surface area contributed by atoms with Crippen LogP contribution < -0.4 is 9.47 Å². The summed E-state index contributed by atoms with van der Waals surface area (Å²) in [5, 5.41) is 10.3. The van der Waals surface area contributed by atoms with Crippen molar-refractivity contribution in [3.05, 3.63) is 83.4 Å². The quantitative estimate of drug-likeness (QED) is 0.194. The van der Waals surface area contributed by atoms with E-state index in [2.05, 4.69) is 11.9 Å². The van der Waals surface area contributed by atoms with Gasteiger partial charge in [-0.2, -0.15) is 0 Å². The number of aryl methyl sites for hydroxylation is 1. The van der Waals surface area contributed by atoms with Crippen molar-refractivity contribution in [3.63, 3.8) is 0 Å². The Balaban J connectivity index is 1.59. The SMILES string of the molecule is CCCCCOc1ccc(C(=O)Oc2ccc(C=Nc3cccc(C)c3)c(O)c2)cc1. The molecule has 0 amide bonds. The van der Waals surface area contributed by atoms with Gasteiger partial charge in [0.2, 0.25) is 0 Å². The van der Waals surface area contributed by atoms with Gasteiger partial charge in [0.15, 0.2) is 0 Å². The van der Waals surface area contributed by atoms with Crippen LogP contribution in [0.4, 0.5) is 5.69 Å². The second-order valence-corrected chi connectivity index (χ2v) is 7.29. The van der Waals surface area contributed by atoms with E-state index in [1.165, 1.54) is 6.07 Å². The van der Waals surface area contributed by atoms with E-state index < -0.39 is 5.97 Å². The van der Waals surface area contributed by atoms with Crippen molar-refractivity contribution in [1.29, 1.82) is 0 Å². The highest BCUT2D eigenvalue weighted by atomic mass is 16.5. The van der Waals surface area contributed by atoms with Gasteiger partial charge in [0.05, 0.1) is 17.9 Å². The number of esters is 1. The third-order valence-electron chi connectivity index (χ3n) is 4.67. The van der Waals surface area contributed by atoms with Crippen LogP contribution in [0.1, 0.15) is 47.7 Å². The van der Waals surface area contributed by atoms with Gasteiger partial charge in [0.1, 0.15) is 17.2 Å². The first-order valence-electron chi connectivity index (χ1n) is 10.4. The van der Waals surface area contributed by atoms with Gasteiger partial charge in [-0.25, -0.2) is 4.79 Å². The lowest BCUT2D eigenvalue weighted by Gasteiger charge is -2.08. The summed E-state index contributed by atoms with van der Waals surface area (Å²) in [5.74, 6) is 0.466. The minimum atomic E-state index is -0.502. The number of aliphatic imine (C=N–C) groups is 1. The van der Waals surface area contributed by atoms with Crippen LogP contribution in [-0.2, 0) is 0 Å². The van der Waals surface area contributed by atoms with Crippen molar-refractivity contribution >= 4 is 17.9 Å². The second kappa shape index (κ2) is 11.0. The van der Waals surface area contributed by atoms with Crippen LogP contribution in [0.2, 0.25) is 0 Å². The minimum Gasteiger partial charge on any atom is -0.507 e. The molecule has 1 N–H and O–H groups in total. The van der Waals surface area contributed by atoms with Gasteiger partial charge in [-0.1, -0.05) is 31.9 Å². The van der Waals surface area contributed by atoms with E-state index in [9.17, 15) is 9.90 Å². The van der Waals surface area contributed by atoms with Crippen molar-refractivity contribution in [3.8, 4) is 17.2 Å². The van der Waals surface area contributed by atoms with Crippen molar-refractivity contribution in [1.82, 2.24) is 0 Å². The Bertz CT molecular complexity index is 1040. The standard InChI is InChI=1S/C26H27NO4/c1-3-4-5-15-30-23-12-9-20(10-13-23)26(29)31-24-14-11-21(25(28)17-24)18-27-22-8-6-7-19(2)16-22/h6-14,16-18,28H,3-5,15H2,1-2H3. The van der Waals surface area contributed by atoms with Gasteiger partial charge < -0.3 is 14.6 Å². The van der Waals surface area contributed by atoms with Crippen LogP contribution in [0.3, 0.4) is 0 Å². The molecule has 0 unspecified atom stereocenters. The molecule has 31 heavy (non-hydrogen) atoms. The summed E-state index contributed by atoms with van der Waals surface area (Å²) in [4.78, 5) is 16.8. The first-order chi connectivity index (χ1) is 15.0. The summed E-state index contributed by atoms with van der Waals surface area (Å²) in [6.45, 7) is 4.80. The van der Waals surface area contributed by atoms with Crippen LogP contribution in [0, 0.1) is 6.92 Å². The summed E-state index contributed by atoms with van der Waals surface area (Å²) in [7, 11) is 0. The molecule has 160 valence electrons. The summed E-state index contributed by atoms with van der Waals surface area (Å²) in [6, 6.07) is 19.3. The molecule has 0 heterocycles. The van der Waals surface area contributed by atoms with Crippen molar-refractivity contribution in [2.24, 2.45) is 4.99 Å². The van der Waals surface area contributed by atoms with Gasteiger partial charge in [-0.3, -0.25) is 4.99 Å². The number of hydrogen-bond acceptors (Lipinski definition) is 5. The van der Waals surface area contributed by atoms with Crippen LogP contribution in [0.15, 0.2) is 71.7 Å². The Hall–Kier alpha value is -3.60. The fourth-order valence-electron chi connectivity index (χ4n) is 2.94. The Kier molecular flexibility index (Phi) is 7.82. The van der Waals surface area contributed by atoms with Crippen LogP contribution in [0.25, 0.3) is 0 Å². The fraction of sp³-hybridized carbons (Fsp3) is 0.231. The molecule has 0 saturated carbocycles. The normalized spacial score (nSPS) is 10.9. The van der Waals surface area contributed by atoms with E-state index in [1.54, 1.807) is 42.6 Å². The fourth-order valence-corrected chi connectivity index (χ4v) is 2.94. The molecule has 0 atom stereocenters. The Morgan fingerprint density at radius 3 is 2.48 bits per heavy atom. The summed E-state index contributed by atoms with van der Waals surface area (Å²) in [5.41, 5.74) is 2.85. The smallest absolute Gasteiger partial charge is 0.343 e. The lowest BCUT2D eigenvalue weighted by Crippen LogP contribution is -2.08. The molecule has 3 aromatic carbocycles. The molecule has 0 aliphatic rings. The van der Waals surface area contributed by atoms with Crippen LogP contribution in [0.5, 0.6) is 17.2 Å². The number of carbonyl (C=O) groups excluding carboxylic acids is 1. The third-order valence-corrected chi connectivity index (χ3v) is 4.67. The van der Waals surface area contributed by atoms with E-state index in [0.29, 0.717) is 17.7 Å². The molecule has 3 aromatic rings. The van der Waals surface area contributed by atoms with Crippen molar-refractivity contribution in [2.45, 2.75) is 33.1 Å². The van der Waals surface area contributed by atoms with Gasteiger partial charge in [-0.15, -0.1) is 0 Å². The van der Waals surface area contributed by atoms with E-state index in [4.69, 9.17) is 9.47 Å². The van der Waals surface area contributed by atoms with E-state index in [0.717, 1.165) is 36.3 Å². The first-order valence-corrected chi connectivity index (χ1v) is 10.4. The third kappa shape index (κ3) is 6.71. The molecule has 0 spiro atoms. The maximum Gasteiger partial charge on any atom is 0.343 e. The highest BCUT2D eigenvalue weighted by Crippen LogP contribution is 2.24. The van der Waals surface area contributed by atoms with E-state index >= 15 is 0 Å². The first kappa shape index (κ1) is 22.1. The minimum absolute atomic E-state index is 0.0162. The van der Waals surface area contributed by atoms with Crippen LogP contribution in [-0.4, -0.2) is 23.9 Å². The number of phenolic OH excluding ortho intramolecular Hbond substituents is 1. The average molecular weight is 418 g/mol. The molecule has 0 fully saturated rings. The van der Waals surface area contributed by atoms with Crippen molar-refractivity contribution in [2.75, 3.05) is 6.61 Å². The maximum atomic E-state index is 12.4. The monoisotopic (exact) mass is 417 g/mol. The predicted molar refractivity (Wildman–Crippen MR) is 123 cm³/mol. The zero-order valence-electron chi connectivity index (χ0n) is 17.9. The summed E-state index contributed by atoms with van der Waals surface area (Å²) < 4.78 is 11.0.